The van der Waals surface area contributed by atoms with Crippen molar-refractivity contribution in [2.45, 2.75) is 53.0 Å². The Kier molecular flexibility index (Phi) is 2.73. The molecule has 2 aliphatic rings. The van der Waals surface area contributed by atoms with E-state index >= 15 is 0 Å². The molecule has 0 amide bonds. The van der Waals surface area contributed by atoms with Crippen LogP contribution < -0.4 is 5.32 Å². The Labute approximate surface area is 131 Å². The molecule has 1 aromatic heterocycles. The molecule has 0 spiro atoms. The minimum absolute atomic E-state index is 0.376. The molecule has 2 fully saturated rings. The average Bonchev–Trinajstić information content (AvgIpc) is 3.03. The quantitative estimate of drug-likeness (QED) is 0.821. The molecule has 3 unspecified atom stereocenters. The first-order chi connectivity index (χ1) is 9.88. The molecule has 2 aliphatic carbocycles. The lowest BCUT2D eigenvalue weighted by Gasteiger charge is -2.43. The number of benzene rings is 1. The number of nitrogens with one attached hydrogen (secondary N) is 1. The second-order valence-corrected chi connectivity index (χ2v) is 9.01. The Morgan fingerprint density at radius 2 is 2.10 bits per heavy atom. The summed E-state index contributed by atoms with van der Waals surface area (Å²) in [7, 11) is 0. The topological polar surface area (TPSA) is 24.9 Å². The van der Waals surface area contributed by atoms with Crippen LogP contribution in [0.4, 0.5) is 5.13 Å². The summed E-state index contributed by atoms with van der Waals surface area (Å²) in [6.07, 6.45) is 4.14. The number of nitrogens with zero attached hydrogens (tertiary/aromatic N) is 1. The molecule has 0 saturated heterocycles. The lowest BCUT2D eigenvalue weighted by molar-refractivity contribution is 0.155. The Morgan fingerprint density at radius 1 is 1.29 bits per heavy atom. The fourth-order valence-corrected chi connectivity index (χ4v) is 5.87. The number of thiazole rings is 1. The first kappa shape index (κ1) is 13.6. The molecule has 1 aromatic carbocycles. The SMILES string of the molecule is Cc1ccc2nc(NC3C4(C)CCC(C4)C3(C)C)sc2c1. The van der Waals surface area contributed by atoms with Crippen LogP contribution >= 0.6 is 11.3 Å². The normalized spacial score (nSPS) is 33.7. The van der Waals surface area contributed by atoms with E-state index in [4.69, 9.17) is 4.98 Å². The minimum atomic E-state index is 0.376. The van der Waals surface area contributed by atoms with Crippen LogP contribution in [0.2, 0.25) is 0 Å². The van der Waals surface area contributed by atoms with E-state index in [9.17, 15) is 0 Å². The van der Waals surface area contributed by atoms with E-state index in [1.54, 1.807) is 11.3 Å². The fraction of sp³-hybridized carbons (Fsp3) is 0.611. The van der Waals surface area contributed by atoms with Gasteiger partial charge in [-0.05, 0) is 60.6 Å². The van der Waals surface area contributed by atoms with Crippen molar-refractivity contribution in [2.24, 2.45) is 16.7 Å². The van der Waals surface area contributed by atoms with Crippen molar-refractivity contribution in [2.75, 3.05) is 5.32 Å². The molecule has 1 N–H and O–H groups in total. The van der Waals surface area contributed by atoms with E-state index in [0.29, 0.717) is 16.9 Å². The van der Waals surface area contributed by atoms with Crippen molar-refractivity contribution >= 4 is 26.7 Å². The van der Waals surface area contributed by atoms with Gasteiger partial charge in [-0.15, -0.1) is 0 Å². The van der Waals surface area contributed by atoms with Gasteiger partial charge in [-0.3, -0.25) is 0 Å². The summed E-state index contributed by atoms with van der Waals surface area (Å²) in [5, 5.41) is 4.92. The minimum Gasteiger partial charge on any atom is -0.358 e. The van der Waals surface area contributed by atoms with Gasteiger partial charge in [0, 0.05) is 6.04 Å². The van der Waals surface area contributed by atoms with Gasteiger partial charge in [-0.1, -0.05) is 38.2 Å². The van der Waals surface area contributed by atoms with Crippen molar-refractivity contribution in [1.82, 2.24) is 4.98 Å². The van der Waals surface area contributed by atoms with Gasteiger partial charge in [-0.2, -0.15) is 0 Å². The second kappa shape index (κ2) is 4.22. The zero-order valence-electron chi connectivity index (χ0n) is 13.4. The lowest BCUT2D eigenvalue weighted by Crippen LogP contribution is -2.45. The van der Waals surface area contributed by atoms with Crippen molar-refractivity contribution in [3.8, 4) is 0 Å². The van der Waals surface area contributed by atoms with Crippen LogP contribution in [0.15, 0.2) is 18.2 Å². The maximum Gasteiger partial charge on any atom is 0.184 e. The maximum absolute atomic E-state index is 4.80. The average molecular weight is 300 g/mol. The van der Waals surface area contributed by atoms with E-state index in [2.05, 4.69) is 51.2 Å². The molecular weight excluding hydrogens is 276 g/mol. The molecule has 2 nitrogen and oxygen atoms in total. The predicted octanol–water partition coefficient (Wildman–Crippen LogP) is 5.23. The van der Waals surface area contributed by atoms with Crippen LogP contribution in [0.1, 0.15) is 45.6 Å². The molecule has 1 heterocycles. The van der Waals surface area contributed by atoms with Gasteiger partial charge in [0.25, 0.3) is 0 Å². The third kappa shape index (κ3) is 1.93. The maximum atomic E-state index is 4.80. The molecule has 0 aliphatic heterocycles. The van der Waals surface area contributed by atoms with Crippen LogP contribution in [-0.4, -0.2) is 11.0 Å². The van der Waals surface area contributed by atoms with E-state index in [1.807, 2.05) is 0 Å². The zero-order chi connectivity index (χ0) is 14.8. The monoisotopic (exact) mass is 300 g/mol. The largest absolute Gasteiger partial charge is 0.358 e. The number of aryl methyl sites for hydroxylation is 1. The molecule has 112 valence electrons. The van der Waals surface area contributed by atoms with Crippen molar-refractivity contribution < 1.29 is 0 Å². The molecule has 0 radical (unpaired) electrons. The number of anilines is 1. The summed E-state index contributed by atoms with van der Waals surface area (Å²) in [5.41, 5.74) is 3.26. The first-order valence-corrected chi connectivity index (χ1v) is 8.84. The number of aromatic nitrogens is 1. The van der Waals surface area contributed by atoms with E-state index in [-0.39, 0.29) is 0 Å². The Balaban J connectivity index is 1.68. The van der Waals surface area contributed by atoms with Gasteiger partial charge in [0.1, 0.15) is 0 Å². The molecule has 2 saturated carbocycles. The lowest BCUT2D eigenvalue weighted by atomic mass is 9.68. The summed E-state index contributed by atoms with van der Waals surface area (Å²) in [6, 6.07) is 7.07. The second-order valence-electron chi connectivity index (χ2n) is 7.98. The van der Waals surface area contributed by atoms with E-state index < -0.39 is 0 Å². The number of hydrogen-bond donors (Lipinski definition) is 1. The van der Waals surface area contributed by atoms with Crippen LogP contribution in [0.3, 0.4) is 0 Å². The van der Waals surface area contributed by atoms with Crippen LogP contribution in [-0.2, 0) is 0 Å². The number of hydrogen-bond acceptors (Lipinski definition) is 3. The summed E-state index contributed by atoms with van der Waals surface area (Å²) in [4.78, 5) is 4.80. The molecule has 3 atom stereocenters. The molecule has 3 heteroatoms. The third-order valence-corrected chi connectivity index (χ3v) is 7.03. The van der Waals surface area contributed by atoms with Gasteiger partial charge in [-0.25, -0.2) is 4.98 Å². The van der Waals surface area contributed by atoms with Crippen LogP contribution in [0.5, 0.6) is 0 Å². The van der Waals surface area contributed by atoms with E-state index in [1.165, 1.54) is 29.5 Å². The highest BCUT2D eigenvalue weighted by atomic mass is 32.1. The molecule has 4 rings (SSSR count). The summed E-state index contributed by atoms with van der Waals surface area (Å²) in [5.74, 6) is 0.872. The first-order valence-electron chi connectivity index (χ1n) is 8.02. The number of fused-ring (bicyclic) bond motifs is 3. The fourth-order valence-electron chi connectivity index (χ4n) is 4.88. The standard InChI is InChI=1S/C18H24N2S/c1-11-5-6-13-14(9-11)21-16(19-13)20-15-17(2,3)12-7-8-18(15,4)10-12/h5-6,9,12,15H,7-8,10H2,1-4H3,(H,19,20). The van der Waals surface area contributed by atoms with Gasteiger partial charge in [0.15, 0.2) is 5.13 Å². The smallest absolute Gasteiger partial charge is 0.184 e. The highest BCUT2D eigenvalue weighted by Gasteiger charge is 2.59. The molecule has 2 aromatic rings. The predicted molar refractivity (Wildman–Crippen MR) is 91.0 cm³/mol. The van der Waals surface area contributed by atoms with Gasteiger partial charge >= 0.3 is 0 Å². The Bertz CT molecular complexity index is 698. The van der Waals surface area contributed by atoms with Gasteiger partial charge in [0.05, 0.1) is 10.2 Å². The van der Waals surface area contributed by atoms with Crippen molar-refractivity contribution in [1.29, 1.82) is 0 Å². The van der Waals surface area contributed by atoms with Gasteiger partial charge in [0.2, 0.25) is 0 Å². The summed E-state index contributed by atoms with van der Waals surface area (Å²) >= 11 is 1.80. The van der Waals surface area contributed by atoms with Crippen molar-refractivity contribution in [3.05, 3.63) is 23.8 Å². The zero-order valence-corrected chi connectivity index (χ0v) is 14.2. The third-order valence-electron chi connectivity index (χ3n) is 6.08. The summed E-state index contributed by atoms with van der Waals surface area (Å²) in [6.45, 7) is 9.50. The van der Waals surface area contributed by atoms with E-state index in [0.717, 1.165) is 16.6 Å². The highest BCUT2D eigenvalue weighted by Crippen LogP contribution is 2.63. The molecule has 2 bridgehead atoms. The molecule has 21 heavy (non-hydrogen) atoms. The molecular formula is C18H24N2S. The summed E-state index contributed by atoms with van der Waals surface area (Å²) < 4.78 is 1.30. The Hall–Kier alpha value is -1.09. The van der Waals surface area contributed by atoms with Crippen molar-refractivity contribution in [3.63, 3.8) is 0 Å². The van der Waals surface area contributed by atoms with Gasteiger partial charge < -0.3 is 5.32 Å². The number of rotatable bonds is 2. The Morgan fingerprint density at radius 3 is 2.81 bits per heavy atom. The van der Waals surface area contributed by atoms with Crippen LogP contribution in [0.25, 0.3) is 10.2 Å². The highest BCUT2D eigenvalue weighted by molar-refractivity contribution is 7.22. The van der Waals surface area contributed by atoms with Crippen LogP contribution in [0, 0.1) is 23.7 Å².